The minimum Gasteiger partial charge on any atom is -0.480 e. The Kier molecular flexibility index (Phi) is 3.70. The van der Waals surface area contributed by atoms with Crippen LogP contribution in [0, 0.1) is 6.92 Å². The Labute approximate surface area is 126 Å². The third kappa shape index (κ3) is 2.61. The SMILES string of the molecule is Cc1oc(-c2ccco2)nc1CC(=O)N1CCC[C@@H]1C(=O)O. The fourth-order valence-electron chi connectivity index (χ4n) is 2.66. The minimum atomic E-state index is -0.959. The molecule has 7 nitrogen and oxygen atoms in total. The van der Waals surface area contributed by atoms with Crippen LogP contribution in [-0.2, 0) is 16.0 Å². The summed E-state index contributed by atoms with van der Waals surface area (Å²) in [6.45, 7) is 2.19. The molecule has 3 heterocycles. The van der Waals surface area contributed by atoms with E-state index >= 15 is 0 Å². The van der Waals surface area contributed by atoms with Crippen molar-refractivity contribution in [2.45, 2.75) is 32.2 Å². The topological polar surface area (TPSA) is 96.8 Å². The number of nitrogens with zero attached hydrogens (tertiary/aromatic N) is 2. The molecule has 2 aromatic rings. The van der Waals surface area contributed by atoms with E-state index in [2.05, 4.69) is 4.98 Å². The average molecular weight is 304 g/mol. The fraction of sp³-hybridized carbons (Fsp3) is 0.400. The molecule has 1 aliphatic rings. The van der Waals surface area contributed by atoms with Gasteiger partial charge < -0.3 is 18.8 Å². The van der Waals surface area contributed by atoms with Gasteiger partial charge in [-0.3, -0.25) is 4.79 Å². The molecule has 1 N–H and O–H groups in total. The van der Waals surface area contributed by atoms with Crippen LogP contribution in [0.5, 0.6) is 0 Å². The first-order valence-corrected chi connectivity index (χ1v) is 7.08. The van der Waals surface area contributed by atoms with Crippen molar-refractivity contribution in [2.75, 3.05) is 6.54 Å². The highest BCUT2D eigenvalue weighted by Gasteiger charge is 2.34. The highest BCUT2D eigenvalue weighted by Crippen LogP contribution is 2.24. The van der Waals surface area contributed by atoms with Gasteiger partial charge in [-0.2, -0.15) is 0 Å². The standard InChI is InChI=1S/C15H16N2O5/c1-9-10(16-14(22-9)12-5-3-7-21-12)8-13(18)17-6-2-4-11(17)15(19)20/h3,5,7,11H,2,4,6,8H2,1H3,(H,19,20)/t11-/m1/s1. The van der Waals surface area contributed by atoms with Gasteiger partial charge in [-0.25, -0.2) is 9.78 Å². The van der Waals surface area contributed by atoms with Crippen LogP contribution in [0.1, 0.15) is 24.3 Å². The van der Waals surface area contributed by atoms with E-state index in [1.54, 1.807) is 19.1 Å². The lowest BCUT2D eigenvalue weighted by Gasteiger charge is -2.20. The monoisotopic (exact) mass is 304 g/mol. The lowest BCUT2D eigenvalue weighted by atomic mass is 10.2. The van der Waals surface area contributed by atoms with Gasteiger partial charge >= 0.3 is 5.97 Å². The van der Waals surface area contributed by atoms with Gasteiger partial charge in [0.1, 0.15) is 11.8 Å². The summed E-state index contributed by atoms with van der Waals surface area (Å²) in [7, 11) is 0. The Morgan fingerprint density at radius 3 is 3.00 bits per heavy atom. The van der Waals surface area contributed by atoms with E-state index in [9.17, 15) is 9.59 Å². The fourth-order valence-corrected chi connectivity index (χ4v) is 2.66. The van der Waals surface area contributed by atoms with E-state index in [1.165, 1.54) is 11.2 Å². The van der Waals surface area contributed by atoms with E-state index in [-0.39, 0.29) is 12.3 Å². The number of carbonyl (C=O) groups is 2. The maximum absolute atomic E-state index is 12.3. The molecule has 22 heavy (non-hydrogen) atoms. The first-order chi connectivity index (χ1) is 10.6. The van der Waals surface area contributed by atoms with Crippen molar-refractivity contribution < 1.29 is 23.5 Å². The van der Waals surface area contributed by atoms with Crippen molar-refractivity contribution in [2.24, 2.45) is 0 Å². The molecular formula is C15H16N2O5. The molecule has 7 heteroatoms. The second-order valence-electron chi connectivity index (χ2n) is 5.26. The summed E-state index contributed by atoms with van der Waals surface area (Å²) in [6.07, 6.45) is 2.75. The van der Waals surface area contributed by atoms with Crippen LogP contribution < -0.4 is 0 Å². The maximum atomic E-state index is 12.3. The lowest BCUT2D eigenvalue weighted by molar-refractivity contribution is -0.148. The number of furan rings is 1. The van der Waals surface area contributed by atoms with Crippen LogP contribution in [0.15, 0.2) is 27.2 Å². The minimum absolute atomic E-state index is 0.0276. The first kappa shape index (κ1) is 14.4. The number of aryl methyl sites for hydroxylation is 1. The third-order valence-electron chi connectivity index (χ3n) is 3.80. The number of hydrogen-bond acceptors (Lipinski definition) is 5. The van der Waals surface area contributed by atoms with Crippen molar-refractivity contribution in [1.29, 1.82) is 0 Å². The Balaban J connectivity index is 1.76. The molecule has 0 aromatic carbocycles. The molecule has 0 spiro atoms. The zero-order chi connectivity index (χ0) is 15.7. The summed E-state index contributed by atoms with van der Waals surface area (Å²) in [5, 5.41) is 9.14. The van der Waals surface area contributed by atoms with Crippen molar-refractivity contribution in [3.05, 3.63) is 29.9 Å². The number of aromatic nitrogens is 1. The molecule has 116 valence electrons. The van der Waals surface area contributed by atoms with Gasteiger partial charge in [0.05, 0.1) is 18.4 Å². The Morgan fingerprint density at radius 1 is 1.50 bits per heavy atom. The van der Waals surface area contributed by atoms with Crippen LogP contribution in [0.4, 0.5) is 0 Å². The van der Waals surface area contributed by atoms with Crippen molar-refractivity contribution >= 4 is 11.9 Å². The number of carboxylic acids is 1. The predicted molar refractivity (Wildman–Crippen MR) is 75.0 cm³/mol. The summed E-state index contributed by atoms with van der Waals surface area (Å²) in [5.41, 5.74) is 0.507. The van der Waals surface area contributed by atoms with E-state index in [0.717, 1.165) is 0 Å². The summed E-state index contributed by atoms with van der Waals surface area (Å²) in [4.78, 5) is 29.2. The summed E-state index contributed by atoms with van der Waals surface area (Å²) in [5.74, 6) is 0.144. The zero-order valence-electron chi connectivity index (χ0n) is 12.1. The predicted octanol–water partition coefficient (Wildman–Crippen LogP) is 1.86. The number of rotatable bonds is 4. The molecule has 0 bridgehead atoms. The van der Waals surface area contributed by atoms with Crippen LogP contribution in [-0.4, -0.2) is 39.5 Å². The summed E-state index contributed by atoms with van der Waals surface area (Å²) < 4.78 is 10.7. The summed E-state index contributed by atoms with van der Waals surface area (Å²) >= 11 is 0. The van der Waals surface area contributed by atoms with Crippen molar-refractivity contribution in [1.82, 2.24) is 9.88 Å². The maximum Gasteiger partial charge on any atom is 0.326 e. The van der Waals surface area contributed by atoms with E-state index in [4.69, 9.17) is 13.9 Å². The molecule has 0 radical (unpaired) electrons. The molecule has 0 aliphatic carbocycles. The van der Waals surface area contributed by atoms with Gasteiger partial charge in [0.15, 0.2) is 5.76 Å². The molecular weight excluding hydrogens is 288 g/mol. The van der Waals surface area contributed by atoms with Crippen molar-refractivity contribution in [3.8, 4) is 11.7 Å². The number of oxazole rings is 1. The first-order valence-electron chi connectivity index (χ1n) is 7.08. The third-order valence-corrected chi connectivity index (χ3v) is 3.80. The Morgan fingerprint density at radius 2 is 2.32 bits per heavy atom. The number of aliphatic carboxylic acids is 1. The van der Waals surface area contributed by atoms with Crippen LogP contribution >= 0.6 is 0 Å². The molecule has 2 aromatic heterocycles. The van der Waals surface area contributed by atoms with E-state index in [0.29, 0.717) is 42.5 Å². The number of carboxylic acid groups (broad SMARTS) is 1. The number of amides is 1. The van der Waals surface area contributed by atoms with Gasteiger partial charge in [0.25, 0.3) is 5.89 Å². The highest BCUT2D eigenvalue weighted by atomic mass is 16.4. The second kappa shape index (κ2) is 5.67. The molecule has 1 fully saturated rings. The molecule has 0 saturated carbocycles. The van der Waals surface area contributed by atoms with Gasteiger partial charge in [0, 0.05) is 6.54 Å². The van der Waals surface area contributed by atoms with Crippen LogP contribution in [0.25, 0.3) is 11.7 Å². The Bertz CT molecular complexity index is 689. The molecule has 3 rings (SSSR count). The lowest BCUT2D eigenvalue weighted by Crippen LogP contribution is -2.41. The van der Waals surface area contributed by atoms with Crippen LogP contribution in [0.3, 0.4) is 0 Å². The quantitative estimate of drug-likeness (QED) is 0.926. The van der Waals surface area contributed by atoms with Gasteiger partial charge in [-0.15, -0.1) is 0 Å². The molecule has 1 saturated heterocycles. The van der Waals surface area contributed by atoms with Crippen molar-refractivity contribution in [3.63, 3.8) is 0 Å². The number of carbonyl (C=O) groups excluding carboxylic acids is 1. The zero-order valence-corrected chi connectivity index (χ0v) is 12.1. The second-order valence-corrected chi connectivity index (χ2v) is 5.26. The van der Waals surface area contributed by atoms with Gasteiger partial charge in [0.2, 0.25) is 5.91 Å². The van der Waals surface area contributed by atoms with E-state index < -0.39 is 12.0 Å². The molecule has 1 amide bonds. The van der Waals surface area contributed by atoms with Crippen LogP contribution in [0.2, 0.25) is 0 Å². The molecule has 1 aliphatic heterocycles. The number of likely N-dealkylation sites (tertiary alicyclic amines) is 1. The highest BCUT2D eigenvalue weighted by molar-refractivity contribution is 5.85. The smallest absolute Gasteiger partial charge is 0.326 e. The largest absolute Gasteiger partial charge is 0.480 e. The number of hydrogen-bond donors (Lipinski definition) is 1. The molecule has 1 atom stereocenters. The normalized spacial score (nSPS) is 17.9. The average Bonchev–Trinajstić information content (AvgIpc) is 3.18. The van der Waals surface area contributed by atoms with Gasteiger partial charge in [-0.1, -0.05) is 0 Å². The summed E-state index contributed by atoms with van der Waals surface area (Å²) in [6, 6.07) is 2.71. The Hall–Kier alpha value is -2.57. The molecule has 0 unspecified atom stereocenters. The van der Waals surface area contributed by atoms with Gasteiger partial charge in [-0.05, 0) is 31.9 Å². The van der Waals surface area contributed by atoms with E-state index in [1.807, 2.05) is 0 Å².